The molecule has 1 atom stereocenters. The van der Waals surface area contributed by atoms with Gasteiger partial charge in [-0.25, -0.2) is 0 Å². The van der Waals surface area contributed by atoms with Gasteiger partial charge in [-0.2, -0.15) is 0 Å². The number of rotatable bonds is 4. The summed E-state index contributed by atoms with van der Waals surface area (Å²) in [5.41, 5.74) is 11.3. The SMILES string of the molecule is Cc1ccc(C(Cc2ccc3c(c2)CCC3)NN)c(C)c1. The third-order valence-electron chi connectivity index (χ3n) is 4.60. The first kappa shape index (κ1) is 14.3. The zero-order valence-electron chi connectivity index (χ0n) is 12.9. The van der Waals surface area contributed by atoms with Gasteiger partial charge in [-0.3, -0.25) is 11.3 Å². The standard InChI is InChI=1S/C19H24N2/c1-13-6-9-18(14(2)10-13)19(21-20)12-15-7-8-16-4-3-5-17(16)11-15/h6-11,19,21H,3-5,12,20H2,1-2H3. The fourth-order valence-corrected chi connectivity index (χ4v) is 3.46. The summed E-state index contributed by atoms with van der Waals surface area (Å²) in [6.45, 7) is 4.29. The number of hydrogen-bond acceptors (Lipinski definition) is 2. The zero-order valence-corrected chi connectivity index (χ0v) is 12.9. The fourth-order valence-electron chi connectivity index (χ4n) is 3.46. The monoisotopic (exact) mass is 280 g/mol. The van der Waals surface area contributed by atoms with Gasteiger partial charge in [-0.15, -0.1) is 0 Å². The summed E-state index contributed by atoms with van der Waals surface area (Å²) in [7, 11) is 0. The van der Waals surface area contributed by atoms with E-state index in [-0.39, 0.29) is 6.04 Å². The molecule has 2 nitrogen and oxygen atoms in total. The molecular formula is C19H24N2. The van der Waals surface area contributed by atoms with Crippen molar-refractivity contribution in [1.29, 1.82) is 0 Å². The molecule has 0 fully saturated rings. The molecule has 21 heavy (non-hydrogen) atoms. The number of nitrogens with two attached hydrogens (primary N) is 1. The van der Waals surface area contributed by atoms with Crippen molar-refractivity contribution in [3.05, 3.63) is 69.8 Å². The molecule has 2 aromatic carbocycles. The van der Waals surface area contributed by atoms with Crippen LogP contribution in [0.5, 0.6) is 0 Å². The third-order valence-corrected chi connectivity index (χ3v) is 4.60. The highest BCUT2D eigenvalue weighted by molar-refractivity contribution is 5.38. The Labute approximate surface area is 127 Å². The molecule has 0 amide bonds. The maximum absolute atomic E-state index is 5.82. The molecule has 0 radical (unpaired) electrons. The van der Waals surface area contributed by atoms with E-state index in [1.807, 2.05) is 0 Å². The molecule has 1 aliphatic carbocycles. The lowest BCUT2D eigenvalue weighted by Gasteiger charge is -2.19. The molecule has 0 saturated carbocycles. The number of fused-ring (bicyclic) bond motifs is 1. The average Bonchev–Trinajstić information content (AvgIpc) is 2.93. The van der Waals surface area contributed by atoms with Gasteiger partial charge in [0, 0.05) is 0 Å². The Kier molecular flexibility index (Phi) is 4.09. The first-order chi connectivity index (χ1) is 10.2. The zero-order chi connectivity index (χ0) is 14.8. The van der Waals surface area contributed by atoms with Crippen LogP contribution in [0.2, 0.25) is 0 Å². The van der Waals surface area contributed by atoms with E-state index in [0.717, 1.165) is 6.42 Å². The average molecular weight is 280 g/mol. The van der Waals surface area contributed by atoms with E-state index in [1.54, 1.807) is 0 Å². The summed E-state index contributed by atoms with van der Waals surface area (Å²) in [6, 6.07) is 13.7. The van der Waals surface area contributed by atoms with Crippen LogP contribution in [0.15, 0.2) is 36.4 Å². The van der Waals surface area contributed by atoms with Crippen LogP contribution in [0.4, 0.5) is 0 Å². The minimum Gasteiger partial charge on any atom is -0.271 e. The second-order valence-corrected chi connectivity index (χ2v) is 6.24. The lowest BCUT2D eigenvalue weighted by molar-refractivity contribution is 0.549. The van der Waals surface area contributed by atoms with Crippen molar-refractivity contribution >= 4 is 0 Å². The van der Waals surface area contributed by atoms with E-state index >= 15 is 0 Å². The predicted octanol–water partition coefficient (Wildman–Crippen LogP) is 3.54. The van der Waals surface area contributed by atoms with E-state index in [9.17, 15) is 0 Å². The third kappa shape index (κ3) is 3.02. The summed E-state index contributed by atoms with van der Waals surface area (Å²) in [6.07, 6.45) is 4.71. The summed E-state index contributed by atoms with van der Waals surface area (Å²) in [5, 5.41) is 0. The van der Waals surface area contributed by atoms with Gasteiger partial charge in [0.15, 0.2) is 0 Å². The van der Waals surface area contributed by atoms with Crippen LogP contribution in [0.3, 0.4) is 0 Å². The van der Waals surface area contributed by atoms with E-state index in [2.05, 4.69) is 55.7 Å². The van der Waals surface area contributed by atoms with Crippen molar-refractivity contribution in [3.63, 3.8) is 0 Å². The minimum atomic E-state index is 0.171. The quantitative estimate of drug-likeness (QED) is 0.664. The number of hydrogen-bond donors (Lipinski definition) is 2. The van der Waals surface area contributed by atoms with Gasteiger partial charge >= 0.3 is 0 Å². The summed E-state index contributed by atoms with van der Waals surface area (Å²) in [4.78, 5) is 0. The molecule has 3 rings (SSSR count). The van der Waals surface area contributed by atoms with E-state index in [0.29, 0.717) is 0 Å². The maximum atomic E-state index is 5.82. The smallest absolute Gasteiger partial charge is 0.0502 e. The Balaban J connectivity index is 1.84. The molecule has 0 spiro atoms. The van der Waals surface area contributed by atoms with E-state index in [1.165, 1.54) is 52.6 Å². The molecule has 1 aliphatic rings. The molecule has 0 aliphatic heterocycles. The first-order valence-corrected chi connectivity index (χ1v) is 7.81. The minimum absolute atomic E-state index is 0.171. The summed E-state index contributed by atoms with van der Waals surface area (Å²) in [5.74, 6) is 5.82. The van der Waals surface area contributed by atoms with Crippen molar-refractivity contribution in [2.24, 2.45) is 5.84 Å². The van der Waals surface area contributed by atoms with Crippen LogP contribution in [0.25, 0.3) is 0 Å². The second kappa shape index (κ2) is 6.00. The first-order valence-electron chi connectivity index (χ1n) is 7.81. The van der Waals surface area contributed by atoms with Crippen molar-refractivity contribution in [2.45, 2.75) is 45.6 Å². The molecule has 1 unspecified atom stereocenters. The molecule has 0 bridgehead atoms. The fraction of sp³-hybridized carbons (Fsp3) is 0.368. The van der Waals surface area contributed by atoms with E-state index < -0.39 is 0 Å². The van der Waals surface area contributed by atoms with Gasteiger partial charge in [0.05, 0.1) is 6.04 Å². The van der Waals surface area contributed by atoms with Crippen LogP contribution in [-0.4, -0.2) is 0 Å². The number of nitrogens with one attached hydrogen (secondary N) is 1. The molecule has 0 saturated heterocycles. The lowest BCUT2D eigenvalue weighted by atomic mass is 9.93. The maximum Gasteiger partial charge on any atom is 0.0502 e. The predicted molar refractivity (Wildman–Crippen MR) is 88.2 cm³/mol. The van der Waals surface area contributed by atoms with Gasteiger partial charge in [-0.1, -0.05) is 42.0 Å². The molecule has 2 heteroatoms. The summed E-state index contributed by atoms with van der Waals surface area (Å²) < 4.78 is 0. The Morgan fingerprint density at radius 2 is 1.86 bits per heavy atom. The number of aryl methyl sites for hydroxylation is 4. The van der Waals surface area contributed by atoms with Gasteiger partial charge in [0.25, 0.3) is 0 Å². The highest BCUT2D eigenvalue weighted by Crippen LogP contribution is 2.26. The Morgan fingerprint density at radius 1 is 1.05 bits per heavy atom. The van der Waals surface area contributed by atoms with Gasteiger partial charge in [0.2, 0.25) is 0 Å². The van der Waals surface area contributed by atoms with E-state index in [4.69, 9.17) is 5.84 Å². The highest BCUT2D eigenvalue weighted by Gasteiger charge is 2.15. The van der Waals surface area contributed by atoms with Crippen LogP contribution >= 0.6 is 0 Å². The Hall–Kier alpha value is -1.64. The van der Waals surface area contributed by atoms with Gasteiger partial charge in [0.1, 0.15) is 0 Å². The van der Waals surface area contributed by atoms with Crippen LogP contribution in [0.1, 0.15) is 45.8 Å². The largest absolute Gasteiger partial charge is 0.271 e. The van der Waals surface area contributed by atoms with Crippen molar-refractivity contribution in [2.75, 3.05) is 0 Å². The second-order valence-electron chi connectivity index (χ2n) is 6.24. The van der Waals surface area contributed by atoms with Crippen molar-refractivity contribution in [1.82, 2.24) is 5.43 Å². The van der Waals surface area contributed by atoms with Crippen LogP contribution in [0, 0.1) is 13.8 Å². The lowest BCUT2D eigenvalue weighted by Crippen LogP contribution is -2.30. The molecule has 2 aromatic rings. The Morgan fingerprint density at radius 3 is 2.62 bits per heavy atom. The normalized spacial score (nSPS) is 15.0. The highest BCUT2D eigenvalue weighted by atomic mass is 15.2. The van der Waals surface area contributed by atoms with Gasteiger partial charge in [-0.05, 0) is 67.3 Å². The number of benzene rings is 2. The topological polar surface area (TPSA) is 38.0 Å². The van der Waals surface area contributed by atoms with Crippen molar-refractivity contribution < 1.29 is 0 Å². The van der Waals surface area contributed by atoms with Gasteiger partial charge < -0.3 is 0 Å². The molecule has 110 valence electrons. The van der Waals surface area contributed by atoms with Crippen LogP contribution < -0.4 is 11.3 Å². The van der Waals surface area contributed by atoms with Crippen molar-refractivity contribution in [3.8, 4) is 0 Å². The number of hydrazine groups is 1. The molecular weight excluding hydrogens is 256 g/mol. The summed E-state index contributed by atoms with van der Waals surface area (Å²) >= 11 is 0. The molecule has 0 heterocycles. The Bertz CT molecular complexity index is 646. The molecule has 3 N–H and O–H groups in total. The molecule has 0 aromatic heterocycles. The van der Waals surface area contributed by atoms with Crippen LogP contribution in [-0.2, 0) is 19.3 Å².